The smallest absolute Gasteiger partial charge is 0.251 e. The predicted octanol–water partition coefficient (Wildman–Crippen LogP) is 2.10. The van der Waals surface area contributed by atoms with Gasteiger partial charge in [-0.15, -0.1) is 0 Å². The van der Waals surface area contributed by atoms with E-state index in [4.69, 9.17) is 9.47 Å². The number of aliphatic carboxylic acids is 1. The molecule has 0 spiro atoms. The van der Waals surface area contributed by atoms with E-state index in [0.717, 1.165) is 6.42 Å². The van der Waals surface area contributed by atoms with E-state index in [1.165, 1.54) is 7.11 Å². The summed E-state index contributed by atoms with van der Waals surface area (Å²) in [7, 11) is 1.51. The first-order valence-electron chi connectivity index (χ1n) is 8.41. The molecule has 138 valence electrons. The highest BCUT2D eigenvalue weighted by molar-refractivity contribution is 5.95. The highest BCUT2D eigenvalue weighted by Gasteiger charge is 2.17. The lowest BCUT2D eigenvalue weighted by atomic mass is 10.0. The van der Waals surface area contributed by atoms with Gasteiger partial charge in [-0.3, -0.25) is 4.79 Å². The number of ether oxygens (including phenoxy) is 2. The monoisotopic (exact) mass is 356 g/mol. The van der Waals surface area contributed by atoms with Gasteiger partial charge in [0.25, 0.3) is 5.91 Å². The molecule has 2 aromatic carbocycles. The van der Waals surface area contributed by atoms with Gasteiger partial charge in [-0.2, -0.15) is 0 Å². The molecule has 6 heteroatoms. The molecule has 0 saturated heterocycles. The maximum Gasteiger partial charge on any atom is 0.251 e. The van der Waals surface area contributed by atoms with Gasteiger partial charge in [-0.1, -0.05) is 25.1 Å². The van der Waals surface area contributed by atoms with E-state index in [-0.39, 0.29) is 12.3 Å². The summed E-state index contributed by atoms with van der Waals surface area (Å²) in [6.45, 7) is 2.62. The number of hydrogen-bond donors (Lipinski definition) is 1. The Labute approximate surface area is 152 Å². The number of hydrogen-bond acceptors (Lipinski definition) is 5. The zero-order valence-corrected chi connectivity index (χ0v) is 14.9. The topological polar surface area (TPSA) is 87.7 Å². The Hall–Kier alpha value is -3.02. The van der Waals surface area contributed by atoms with Crippen LogP contribution in [0, 0.1) is 0 Å². The summed E-state index contributed by atoms with van der Waals surface area (Å²) in [4.78, 5) is 23.6. The van der Waals surface area contributed by atoms with Crippen molar-refractivity contribution in [2.75, 3.05) is 13.7 Å². The van der Waals surface area contributed by atoms with Gasteiger partial charge in [0.05, 0.1) is 19.8 Å². The van der Waals surface area contributed by atoms with Gasteiger partial charge < -0.3 is 24.7 Å². The first-order valence-corrected chi connectivity index (χ1v) is 8.41. The maximum atomic E-state index is 12.5. The molecule has 0 fully saturated rings. The normalized spacial score (nSPS) is 11.5. The molecule has 6 nitrogen and oxygen atoms in total. The fourth-order valence-electron chi connectivity index (χ4n) is 2.44. The van der Waals surface area contributed by atoms with Gasteiger partial charge >= 0.3 is 0 Å². The van der Waals surface area contributed by atoms with Crippen LogP contribution in [0.4, 0.5) is 0 Å². The summed E-state index contributed by atoms with van der Waals surface area (Å²) >= 11 is 0. The summed E-state index contributed by atoms with van der Waals surface area (Å²) in [5, 5.41) is 13.8. The van der Waals surface area contributed by atoms with E-state index in [1.54, 1.807) is 48.5 Å². The van der Waals surface area contributed by atoms with Crippen LogP contribution < -0.4 is 19.9 Å². The van der Waals surface area contributed by atoms with Crippen LogP contribution in [0.1, 0.15) is 41.7 Å². The lowest BCUT2D eigenvalue weighted by Crippen LogP contribution is -2.34. The summed E-state index contributed by atoms with van der Waals surface area (Å²) in [5.74, 6) is -0.387. The summed E-state index contributed by atoms with van der Waals surface area (Å²) in [6, 6.07) is 12.9. The molecule has 26 heavy (non-hydrogen) atoms. The van der Waals surface area contributed by atoms with Crippen LogP contribution in [0.5, 0.6) is 11.5 Å². The van der Waals surface area contributed by atoms with Crippen molar-refractivity contribution >= 4 is 11.9 Å². The Morgan fingerprint density at radius 2 is 1.85 bits per heavy atom. The molecule has 1 atom stereocenters. The van der Waals surface area contributed by atoms with E-state index >= 15 is 0 Å². The minimum atomic E-state index is -1.24. The molecule has 0 aliphatic heterocycles. The molecule has 0 heterocycles. The third-order valence-corrected chi connectivity index (χ3v) is 3.76. The average Bonchev–Trinajstić information content (AvgIpc) is 2.66. The molecule has 2 rings (SSSR count). The molecule has 0 unspecified atom stereocenters. The average molecular weight is 356 g/mol. The number of carboxylic acids is 1. The Balaban J connectivity index is 2.15. The molecule has 0 bridgehead atoms. The number of nitrogens with one attached hydrogen (secondary N) is 1. The Bertz CT molecular complexity index is 742. The van der Waals surface area contributed by atoms with Crippen LogP contribution in [-0.2, 0) is 4.79 Å². The minimum Gasteiger partial charge on any atom is -0.550 e. The fourth-order valence-corrected chi connectivity index (χ4v) is 2.44. The molecule has 0 radical (unpaired) electrons. The molecule has 0 saturated carbocycles. The van der Waals surface area contributed by atoms with E-state index < -0.39 is 12.0 Å². The molecule has 0 aromatic heterocycles. The molecule has 2 aromatic rings. The molecule has 0 aliphatic rings. The number of benzene rings is 2. The number of carboxylic acid groups (broad SMARTS) is 1. The summed E-state index contributed by atoms with van der Waals surface area (Å²) in [6.07, 6.45) is 0.566. The number of methoxy groups -OCH3 is 1. The van der Waals surface area contributed by atoms with Crippen molar-refractivity contribution in [3.05, 3.63) is 59.7 Å². The number of amides is 1. The molecular weight excluding hydrogens is 334 g/mol. The van der Waals surface area contributed by atoms with Crippen LogP contribution in [-0.4, -0.2) is 25.6 Å². The second kappa shape index (κ2) is 9.46. The highest BCUT2D eigenvalue weighted by atomic mass is 16.5. The van der Waals surface area contributed by atoms with Crippen LogP contribution in [0.2, 0.25) is 0 Å². The van der Waals surface area contributed by atoms with Gasteiger partial charge in [0.1, 0.15) is 11.5 Å². The number of rotatable bonds is 9. The first-order chi connectivity index (χ1) is 12.5. The fraction of sp³-hybridized carbons (Fsp3) is 0.300. The number of carbonyl (C=O) groups excluding carboxylic acids is 2. The van der Waals surface area contributed by atoms with Gasteiger partial charge in [0.15, 0.2) is 0 Å². The highest BCUT2D eigenvalue weighted by Crippen LogP contribution is 2.22. The maximum absolute atomic E-state index is 12.5. The summed E-state index contributed by atoms with van der Waals surface area (Å²) < 4.78 is 10.6. The Kier molecular flexibility index (Phi) is 7.02. The van der Waals surface area contributed by atoms with Crippen molar-refractivity contribution in [2.45, 2.75) is 25.8 Å². The van der Waals surface area contributed by atoms with Crippen LogP contribution >= 0.6 is 0 Å². The SMILES string of the molecule is CCCOc1ccc([C@H](CC(=O)[O-])NC(=O)c2cccc(OC)c2)cc1. The molecule has 1 N–H and O–H groups in total. The van der Waals surface area contributed by atoms with Crippen molar-refractivity contribution in [3.63, 3.8) is 0 Å². The van der Waals surface area contributed by atoms with Crippen molar-refractivity contribution in [2.24, 2.45) is 0 Å². The Morgan fingerprint density at radius 3 is 2.46 bits per heavy atom. The van der Waals surface area contributed by atoms with E-state index in [0.29, 0.717) is 29.2 Å². The van der Waals surface area contributed by atoms with E-state index in [1.807, 2.05) is 6.92 Å². The second-order valence-electron chi connectivity index (χ2n) is 5.75. The van der Waals surface area contributed by atoms with E-state index in [2.05, 4.69) is 5.32 Å². The minimum absolute atomic E-state index is 0.328. The quantitative estimate of drug-likeness (QED) is 0.743. The largest absolute Gasteiger partial charge is 0.550 e. The van der Waals surface area contributed by atoms with E-state index in [9.17, 15) is 14.7 Å². The van der Waals surface area contributed by atoms with Gasteiger partial charge in [0, 0.05) is 18.0 Å². The molecular formula is C20H22NO5-. The van der Waals surface area contributed by atoms with Crippen molar-refractivity contribution in [1.29, 1.82) is 0 Å². The lowest BCUT2D eigenvalue weighted by Gasteiger charge is -2.20. The predicted molar refractivity (Wildman–Crippen MR) is 95.1 cm³/mol. The van der Waals surface area contributed by atoms with Crippen LogP contribution in [0.3, 0.4) is 0 Å². The van der Waals surface area contributed by atoms with Crippen LogP contribution in [0.25, 0.3) is 0 Å². The summed E-state index contributed by atoms with van der Waals surface area (Å²) in [5.41, 5.74) is 1.05. The van der Waals surface area contributed by atoms with Crippen molar-refractivity contribution in [3.8, 4) is 11.5 Å². The zero-order valence-electron chi connectivity index (χ0n) is 14.9. The van der Waals surface area contributed by atoms with Gasteiger partial charge in [-0.05, 0) is 42.3 Å². The molecule has 1 amide bonds. The van der Waals surface area contributed by atoms with Crippen LogP contribution in [0.15, 0.2) is 48.5 Å². The van der Waals surface area contributed by atoms with Gasteiger partial charge in [0.2, 0.25) is 0 Å². The van der Waals surface area contributed by atoms with Gasteiger partial charge in [-0.25, -0.2) is 0 Å². The standard InChI is InChI=1S/C20H23NO5/c1-3-11-26-16-9-7-14(8-10-16)18(13-19(22)23)21-20(24)15-5-4-6-17(12-15)25-2/h4-10,12,18H,3,11,13H2,1-2H3,(H,21,24)(H,22,23)/p-1/t18-/m0/s1. The number of carbonyl (C=O) groups is 2. The zero-order chi connectivity index (χ0) is 18.9. The van der Waals surface area contributed by atoms with Crippen molar-refractivity contribution < 1.29 is 24.2 Å². The third-order valence-electron chi connectivity index (χ3n) is 3.76. The lowest BCUT2D eigenvalue weighted by molar-refractivity contribution is -0.306. The molecule has 0 aliphatic carbocycles. The Morgan fingerprint density at radius 1 is 1.12 bits per heavy atom. The van der Waals surface area contributed by atoms with Crippen molar-refractivity contribution in [1.82, 2.24) is 5.32 Å². The second-order valence-corrected chi connectivity index (χ2v) is 5.75. The first kappa shape index (κ1) is 19.3. The third kappa shape index (κ3) is 5.51.